The van der Waals surface area contributed by atoms with Crippen molar-refractivity contribution < 1.29 is 13.6 Å². The first-order chi connectivity index (χ1) is 13.6. The number of aromatic nitrogens is 1. The maximum atomic E-state index is 13.5. The average molecular weight is 377 g/mol. The van der Waals surface area contributed by atoms with E-state index in [1.807, 2.05) is 36.4 Å². The van der Waals surface area contributed by atoms with Crippen LogP contribution in [0.25, 0.3) is 11.1 Å². The van der Waals surface area contributed by atoms with Crippen molar-refractivity contribution in [1.82, 2.24) is 10.3 Å². The summed E-state index contributed by atoms with van der Waals surface area (Å²) in [7, 11) is 0. The lowest BCUT2D eigenvalue weighted by Gasteiger charge is -2.09. The highest BCUT2D eigenvalue weighted by Crippen LogP contribution is 2.25. The number of carbonyl (C=O) groups is 1. The Labute approximate surface area is 161 Å². The lowest BCUT2D eigenvalue weighted by atomic mass is 10.0. The summed E-state index contributed by atoms with van der Waals surface area (Å²) in [5.41, 5.74) is 1.76. The number of rotatable bonds is 6. The van der Waals surface area contributed by atoms with E-state index in [0.717, 1.165) is 31.0 Å². The van der Waals surface area contributed by atoms with Gasteiger partial charge in [0.05, 0.1) is 5.56 Å². The quantitative estimate of drug-likeness (QED) is 0.653. The fraction of sp³-hybridized carbons (Fsp3) is 0.136. The minimum absolute atomic E-state index is 0.00868. The molecule has 0 saturated heterocycles. The van der Waals surface area contributed by atoms with E-state index < -0.39 is 11.6 Å². The van der Waals surface area contributed by atoms with Crippen molar-refractivity contribution in [3.05, 3.63) is 89.2 Å². The van der Waals surface area contributed by atoms with Crippen LogP contribution in [0.5, 0.6) is 0 Å². The molecule has 0 fully saturated rings. The second-order valence-corrected chi connectivity index (χ2v) is 6.24. The van der Waals surface area contributed by atoms with Gasteiger partial charge in [-0.05, 0) is 42.2 Å². The van der Waals surface area contributed by atoms with Crippen LogP contribution in [0.15, 0.2) is 60.8 Å². The summed E-state index contributed by atoms with van der Waals surface area (Å²) in [6.07, 6.45) is 2.88. The molecule has 0 aliphatic heterocycles. The third-order valence-electron chi connectivity index (χ3n) is 4.20. The first kappa shape index (κ1) is 19.2. The highest BCUT2D eigenvalue weighted by Gasteiger charge is 2.14. The van der Waals surface area contributed by atoms with Gasteiger partial charge in [0, 0.05) is 24.4 Å². The molecule has 3 rings (SSSR count). The standard InChI is InChI=1S/C22H17F2N3O/c23-18-9-16(10-19(24)12-18)20-11-17(14-27-21(20)13-25)22(28)26-8-4-7-15-5-2-1-3-6-15/h1-3,5-6,9-12,14H,4,7-8H2,(H,26,28). The Morgan fingerprint density at radius 2 is 1.79 bits per heavy atom. The third kappa shape index (κ3) is 4.77. The van der Waals surface area contributed by atoms with Crippen LogP contribution in [0.3, 0.4) is 0 Å². The van der Waals surface area contributed by atoms with Gasteiger partial charge in [-0.3, -0.25) is 4.79 Å². The number of hydrogen-bond donors (Lipinski definition) is 1. The maximum Gasteiger partial charge on any atom is 0.252 e. The number of benzene rings is 2. The minimum atomic E-state index is -0.769. The first-order valence-electron chi connectivity index (χ1n) is 8.75. The number of hydrogen-bond acceptors (Lipinski definition) is 3. The van der Waals surface area contributed by atoms with E-state index in [-0.39, 0.29) is 28.3 Å². The Kier molecular flexibility index (Phi) is 6.07. The highest BCUT2D eigenvalue weighted by atomic mass is 19.1. The summed E-state index contributed by atoms with van der Waals surface area (Å²) >= 11 is 0. The second-order valence-electron chi connectivity index (χ2n) is 6.24. The predicted octanol–water partition coefficient (Wildman–Crippen LogP) is 4.26. The Morgan fingerprint density at radius 1 is 1.07 bits per heavy atom. The van der Waals surface area contributed by atoms with E-state index in [4.69, 9.17) is 0 Å². The molecule has 0 spiro atoms. The normalized spacial score (nSPS) is 10.3. The zero-order valence-electron chi connectivity index (χ0n) is 15.0. The zero-order valence-corrected chi connectivity index (χ0v) is 15.0. The molecular weight excluding hydrogens is 360 g/mol. The van der Waals surface area contributed by atoms with Gasteiger partial charge in [0.25, 0.3) is 5.91 Å². The number of pyridine rings is 1. The summed E-state index contributed by atoms with van der Waals surface area (Å²) in [5.74, 6) is -1.90. The lowest BCUT2D eigenvalue weighted by molar-refractivity contribution is 0.0953. The molecule has 1 aromatic heterocycles. The Hall–Kier alpha value is -3.59. The van der Waals surface area contributed by atoms with Gasteiger partial charge in [0.1, 0.15) is 23.4 Å². The molecule has 4 nitrogen and oxygen atoms in total. The Morgan fingerprint density at radius 3 is 2.46 bits per heavy atom. The molecule has 0 radical (unpaired) electrons. The van der Waals surface area contributed by atoms with Crippen molar-refractivity contribution in [2.45, 2.75) is 12.8 Å². The molecule has 0 saturated carbocycles. The SMILES string of the molecule is N#Cc1ncc(C(=O)NCCCc2ccccc2)cc1-c1cc(F)cc(F)c1. The number of nitriles is 1. The first-order valence-corrected chi connectivity index (χ1v) is 8.75. The van der Waals surface area contributed by atoms with Crippen LogP contribution in [0.4, 0.5) is 8.78 Å². The van der Waals surface area contributed by atoms with E-state index in [0.29, 0.717) is 6.54 Å². The number of nitrogens with one attached hydrogen (secondary N) is 1. The van der Waals surface area contributed by atoms with Gasteiger partial charge in [-0.1, -0.05) is 30.3 Å². The molecule has 2 aromatic carbocycles. The van der Waals surface area contributed by atoms with Gasteiger partial charge < -0.3 is 5.32 Å². The molecule has 6 heteroatoms. The molecular formula is C22H17F2N3O. The van der Waals surface area contributed by atoms with Crippen molar-refractivity contribution in [1.29, 1.82) is 5.26 Å². The molecule has 0 atom stereocenters. The monoisotopic (exact) mass is 377 g/mol. The number of nitrogens with zero attached hydrogens (tertiary/aromatic N) is 2. The fourth-order valence-electron chi connectivity index (χ4n) is 2.85. The summed E-state index contributed by atoms with van der Waals surface area (Å²) < 4.78 is 27.1. The highest BCUT2D eigenvalue weighted by molar-refractivity contribution is 5.95. The van der Waals surface area contributed by atoms with Gasteiger partial charge in [0.2, 0.25) is 0 Å². The Bertz CT molecular complexity index is 1010. The van der Waals surface area contributed by atoms with Crippen molar-refractivity contribution in [2.75, 3.05) is 6.54 Å². The molecule has 28 heavy (non-hydrogen) atoms. The van der Waals surface area contributed by atoms with Crippen LogP contribution in [0.2, 0.25) is 0 Å². The van der Waals surface area contributed by atoms with E-state index in [1.54, 1.807) is 0 Å². The number of aryl methyl sites for hydroxylation is 1. The number of carbonyl (C=O) groups excluding carboxylic acids is 1. The summed E-state index contributed by atoms with van der Waals surface area (Å²) in [4.78, 5) is 16.4. The van der Waals surface area contributed by atoms with Crippen LogP contribution >= 0.6 is 0 Å². The van der Waals surface area contributed by atoms with E-state index in [2.05, 4.69) is 10.3 Å². The smallest absolute Gasteiger partial charge is 0.252 e. The molecule has 0 aliphatic rings. The van der Waals surface area contributed by atoms with Crippen molar-refractivity contribution in [3.8, 4) is 17.2 Å². The molecule has 0 unspecified atom stereocenters. The van der Waals surface area contributed by atoms with Gasteiger partial charge >= 0.3 is 0 Å². The van der Waals surface area contributed by atoms with Gasteiger partial charge in [-0.25, -0.2) is 13.8 Å². The topological polar surface area (TPSA) is 65.8 Å². The second kappa shape index (κ2) is 8.87. The summed E-state index contributed by atoms with van der Waals surface area (Å²) in [6.45, 7) is 0.470. The van der Waals surface area contributed by atoms with Crippen LogP contribution in [0.1, 0.15) is 28.0 Å². The average Bonchev–Trinajstić information content (AvgIpc) is 2.70. The van der Waals surface area contributed by atoms with Gasteiger partial charge in [-0.15, -0.1) is 0 Å². The van der Waals surface area contributed by atoms with Crippen LogP contribution in [-0.2, 0) is 6.42 Å². The summed E-state index contributed by atoms with van der Waals surface area (Å²) in [5, 5.41) is 12.0. The number of halogens is 2. The van der Waals surface area contributed by atoms with Gasteiger partial charge in [0.15, 0.2) is 0 Å². The van der Waals surface area contributed by atoms with Crippen molar-refractivity contribution >= 4 is 5.91 Å². The molecule has 140 valence electrons. The van der Waals surface area contributed by atoms with Crippen molar-refractivity contribution in [3.63, 3.8) is 0 Å². The maximum absolute atomic E-state index is 13.5. The Balaban J connectivity index is 1.71. The van der Waals surface area contributed by atoms with Crippen molar-refractivity contribution in [2.24, 2.45) is 0 Å². The molecule has 0 aliphatic carbocycles. The fourth-order valence-corrected chi connectivity index (χ4v) is 2.85. The van der Waals surface area contributed by atoms with Crippen LogP contribution < -0.4 is 5.32 Å². The molecule has 1 N–H and O–H groups in total. The van der Waals surface area contributed by atoms with E-state index >= 15 is 0 Å². The largest absolute Gasteiger partial charge is 0.352 e. The molecule has 3 aromatic rings. The van der Waals surface area contributed by atoms with Crippen LogP contribution in [0, 0.1) is 23.0 Å². The summed E-state index contributed by atoms with van der Waals surface area (Å²) in [6, 6.07) is 16.2. The lowest BCUT2D eigenvalue weighted by Crippen LogP contribution is -2.25. The minimum Gasteiger partial charge on any atom is -0.352 e. The zero-order chi connectivity index (χ0) is 19.9. The molecule has 1 amide bonds. The van der Waals surface area contributed by atoms with Gasteiger partial charge in [-0.2, -0.15) is 5.26 Å². The number of amides is 1. The molecule has 0 bridgehead atoms. The van der Waals surface area contributed by atoms with Crippen LogP contribution in [-0.4, -0.2) is 17.4 Å². The molecule has 1 heterocycles. The van der Waals surface area contributed by atoms with E-state index in [9.17, 15) is 18.8 Å². The van der Waals surface area contributed by atoms with E-state index in [1.165, 1.54) is 17.8 Å². The third-order valence-corrected chi connectivity index (χ3v) is 4.20. The predicted molar refractivity (Wildman–Crippen MR) is 101 cm³/mol.